The summed E-state index contributed by atoms with van der Waals surface area (Å²) < 4.78 is 5.49. The van der Waals surface area contributed by atoms with Crippen LogP contribution < -0.4 is 0 Å². The Morgan fingerprint density at radius 3 is 2.61 bits per heavy atom. The number of hydrogen-bond acceptors (Lipinski definition) is 4. The van der Waals surface area contributed by atoms with Crippen LogP contribution in [0.15, 0.2) is 0 Å². The number of nitrogens with zero attached hydrogens (tertiary/aromatic N) is 1. The van der Waals surface area contributed by atoms with Crippen molar-refractivity contribution in [2.75, 3.05) is 18.9 Å². The number of carboxylic acids is 1. The number of likely N-dealkylation sites (tertiary alicyclic amines) is 1. The van der Waals surface area contributed by atoms with Gasteiger partial charge in [0.2, 0.25) is 5.91 Å². The van der Waals surface area contributed by atoms with Gasteiger partial charge >= 0.3 is 5.97 Å². The summed E-state index contributed by atoms with van der Waals surface area (Å²) in [5.41, 5.74) is -0.417. The molecule has 0 aromatic carbocycles. The fraction of sp³-hybridized carbons (Fsp3) is 0.833. The number of carboxylic acid groups (broad SMARTS) is 1. The third-order valence-electron chi connectivity index (χ3n) is 2.83. The fourth-order valence-corrected chi connectivity index (χ4v) is 2.10. The monoisotopic (exact) mass is 275 g/mol. The van der Waals surface area contributed by atoms with Gasteiger partial charge in [-0.3, -0.25) is 4.79 Å². The first-order valence-corrected chi connectivity index (χ1v) is 6.65. The normalized spacial score (nSPS) is 22.3. The highest BCUT2D eigenvalue weighted by Gasteiger charge is 2.37. The molecule has 6 heteroatoms. The maximum atomic E-state index is 11.8. The maximum Gasteiger partial charge on any atom is 0.328 e. The van der Waals surface area contributed by atoms with Crippen LogP contribution in [0.25, 0.3) is 0 Å². The Balaban J connectivity index is 2.68. The molecule has 0 spiro atoms. The quantitative estimate of drug-likeness (QED) is 0.736. The predicted octanol–water partition coefficient (Wildman–Crippen LogP) is 1.03. The van der Waals surface area contributed by atoms with Gasteiger partial charge in [0.25, 0.3) is 0 Å². The number of amides is 1. The van der Waals surface area contributed by atoms with Crippen LogP contribution in [-0.4, -0.2) is 52.4 Å². The fourth-order valence-electron chi connectivity index (χ4n) is 1.86. The molecule has 1 aliphatic rings. The average Bonchev–Trinajstić information content (AvgIpc) is 2.58. The highest BCUT2D eigenvalue weighted by molar-refractivity contribution is 7.80. The van der Waals surface area contributed by atoms with Crippen LogP contribution in [-0.2, 0) is 14.3 Å². The van der Waals surface area contributed by atoms with Crippen LogP contribution in [0.4, 0.5) is 0 Å². The minimum absolute atomic E-state index is 0.0177. The van der Waals surface area contributed by atoms with E-state index in [-0.39, 0.29) is 18.4 Å². The highest BCUT2D eigenvalue weighted by atomic mass is 32.1. The first-order valence-electron chi connectivity index (χ1n) is 6.01. The molecule has 0 aromatic heterocycles. The first kappa shape index (κ1) is 15.3. The van der Waals surface area contributed by atoms with Gasteiger partial charge in [0.1, 0.15) is 0 Å². The number of hydrogen-bond donors (Lipinski definition) is 2. The molecule has 1 rings (SSSR count). The summed E-state index contributed by atoms with van der Waals surface area (Å²) in [6, 6.07) is -0.901. The van der Waals surface area contributed by atoms with Crippen molar-refractivity contribution in [2.45, 2.75) is 38.8 Å². The average molecular weight is 275 g/mol. The van der Waals surface area contributed by atoms with Gasteiger partial charge in [0.15, 0.2) is 6.04 Å². The second-order valence-electron chi connectivity index (χ2n) is 5.58. The van der Waals surface area contributed by atoms with Gasteiger partial charge in [-0.2, -0.15) is 12.6 Å². The second-order valence-corrected chi connectivity index (χ2v) is 5.94. The number of aliphatic carboxylic acids is 1. The Morgan fingerprint density at radius 2 is 2.22 bits per heavy atom. The van der Waals surface area contributed by atoms with Crippen molar-refractivity contribution in [1.82, 2.24) is 4.90 Å². The van der Waals surface area contributed by atoms with E-state index < -0.39 is 17.6 Å². The smallest absolute Gasteiger partial charge is 0.328 e. The predicted molar refractivity (Wildman–Crippen MR) is 70.8 cm³/mol. The Morgan fingerprint density at radius 1 is 1.61 bits per heavy atom. The zero-order chi connectivity index (χ0) is 13.9. The molecule has 0 bridgehead atoms. The van der Waals surface area contributed by atoms with E-state index in [4.69, 9.17) is 4.74 Å². The van der Waals surface area contributed by atoms with Gasteiger partial charge in [0, 0.05) is 13.0 Å². The standard InChI is InChI=1S/C12H21NO4S/c1-12(2,3)17-6-9(11(15)16)13-5-8(7-18)4-10(13)14/h8-9,18H,4-7H2,1-3H3,(H,15,16)/t8?,9-/m0/s1. The molecule has 18 heavy (non-hydrogen) atoms. The van der Waals surface area contributed by atoms with Crippen LogP contribution in [0, 0.1) is 5.92 Å². The number of carbonyl (C=O) groups is 2. The molecule has 1 unspecified atom stereocenters. The highest BCUT2D eigenvalue weighted by Crippen LogP contribution is 2.22. The molecule has 0 radical (unpaired) electrons. The summed E-state index contributed by atoms with van der Waals surface area (Å²) >= 11 is 4.16. The molecule has 0 saturated carbocycles. The zero-order valence-electron chi connectivity index (χ0n) is 11.0. The first-order chi connectivity index (χ1) is 8.24. The van der Waals surface area contributed by atoms with Gasteiger partial charge in [0.05, 0.1) is 12.2 Å². The lowest BCUT2D eigenvalue weighted by Gasteiger charge is -2.28. The van der Waals surface area contributed by atoms with Crippen molar-refractivity contribution < 1.29 is 19.4 Å². The Bertz CT molecular complexity index is 327. The zero-order valence-corrected chi connectivity index (χ0v) is 11.9. The van der Waals surface area contributed by atoms with E-state index in [2.05, 4.69) is 12.6 Å². The number of thiol groups is 1. The molecule has 1 amide bonds. The molecule has 1 heterocycles. The molecule has 0 aliphatic carbocycles. The van der Waals surface area contributed by atoms with Crippen LogP contribution in [0.1, 0.15) is 27.2 Å². The van der Waals surface area contributed by atoms with Crippen LogP contribution in [0.5, 0.6) is 0 Å². The lowest BCUT2D eigenvalue weighted by atomic mass is 10.1. The minimum Gasteiger partial charge on any atom is -0.480 e. The van der Waals surface area contributed by atoms with Gasteiger partial charge in [-0.1, -0.05) is 0 Å². The lowest BCUT2D eigenvalue weighted by molar-refractivity contribution is -0.153. The Kier molecular flexibility index (Phi) is 5.04. The van der Waals surface area contributed by atoms with Gasteiger partial charge in [-0.05, 0) is 32.4 Å². The third-order valence-corrected chi connectivity index (χ3v) is 3.35. The number of ether oxygens (including phenoxy) is 1. The van der Waals surface area contributed by atoms with Crippen molar-refractivity contribution in [3.05, 3.63) is 0 Å². The Labute approximate surface area is 113 Å². The third kappa shape index (κ3) is 4.17. The molecule has 104 valence electrons. The van der Waals surface area contributed by atoms with E-state index in [0.29, 0.717) is 18.7 Å². The Hall–Kier alpha value is -0.750. The summed E-state index contributed by atoms with van der Waals surface area (Å²) in [6.07, 6.45) is 0.378. The van der Waals surface area contributed by atoms with E-state index >= 15 is 0 Å². The van der Waals surface area contributed by atoms with E-state index in [0.717, 1.165) is 0 Å². The lowest BCUT2D eigenvalue weighted by Crippen LogP contribution is -2.46. The summed E-state index contributed by atoms with van der Waals surface area (Å²) in [5, 5.41) is 9.21. The SMILES string of the molecule is CC(C)(C)OC[C@@H](C(=O)O)N1CC(CS)CC1=O. The van der Waals surface area contributed by atoms with Crippen LogP contribution in [0.2, 0.25) is 0 Å². The molecule has 1 fully saturated rings. The van der Waals surface area contributed by atoms with Crippen molar-refractivity contribution >= 4 is 24.5 Å². The molecule has 1 N–H and O–H groups in total. The molecular weight excluding hydrogens is 254 g/mol. The topological polar surface area (TPSA) is 66.8 Å². The van der Waals surface area contributed by atoms with Gasteiger partial charge in [-0.15, -0.1) is 0 Å². The van der Waals surface area contributed by atoms with Crippen molar-refractivity contribution in [3.63, 3.8) is 0 Å². The molecule has 2 atom stereocenters. The van der Waals surface area contributed by atoms with Crippen molar-refractivity contribution in [1.29, 1.82) is 0 Å². The van der Waals surface area contributed by atoms with Crippen molar-refractivity contribution in [3.8, 4) is 0 Å². The van der Waals surface area contributed by atoms with Crippen molar-refractivity contribution in [2.24, 2.45) is 5.92 Å². The molecule has 0 aromatic rings. The van der Waals surface area contributed by atoms with Crippen LogP contribution in [0.3, 0.4) is 0 Å². The van der Waals surface area contributed by atoms with Gasteiger partial charge < -0.3 is 14.7 Å². The van der Waals surface area contributed by atoms with Crippen LogP contribution >= 0.6 is 12.6 Å². The van der Waals surface area contributed by atoms with Gasteiger partial charge in [-0.25, -0.2) is 4.79 Å². The molecule has 1 aliphatic heterocycles. The van der Waals surface area contributed by atoms with E-state index in [1.807, 2.05) is 20.8 Å². The maximum absolute atomic E-state index is 11.8. The molecular formula is C12H21NO4S. The molecule has 5 nitrogen and oxygen atoms in total. The second kappa shape index (κ2) is 5.93. The number of rotatable bonds is 5. The summed E-state index contributed by atoms with van der Waals surface area (Å²) in [7, 11) is 0. The van der Waals surface area contributed by atoms with E-state index in [9.17, 15) is 14.7 Å². The summed E-state index contributed by atoms with van der Waals surface area (Å²) in [5.74, 6) is -0.418. The summed E-state index contributed by atoms with van der Waals surface area (Å²) in [4.78, 5) is 24.4. The summed E-state index contributed by atoms with van der Waals surface area (Å²) in [6.45, 7) is 6.04. The minimum atomic E-state index is -1.02. The molecule has 1 saturated heterocycles. The number of carbonyl (C=O) groups excluding carboxylic acids is 1. The largest absolute Gasteiger partial charge is 0.480 e. The van der Waals surface area contributed by atoms with E-state index in [1.165, 1.54) is 4.90 Å². The van der Waals surface area contributed by atoms with E-state index in [1.54, 1.807) is 0 Å².